The number of hydrogen-bond donors (Lipinski definition) is 1. The molecule has 2 aromatic rings. The molecule has 1 heterocycles. The summed E-state index contributed by atoms with van der Waals surface area (Å²) in [5.74, 6) is 0.329. The van der Waals surface area contributed by atoms with Crippen molar-refractivity contribution in [3.63, 3.8) is 0 Å². The molecule has 2 aromatic carbocycles. The monoisotopic (exact) mass is 357 g/mol. The minimum absolute atomic E-state index is 0.0315. The van der Waals surface area contributed by atoms with Crippen LogP contribution in [0.4, 0.5) is 5.69 Å². The summed E-state index contributed by atoms with van der Waals surface area (Å²) in [4.78, 5) is 14.7. The van der Waals surface area contributed by atoms with Gasteiger partial charge in [0.25, 0.3) is 5.91 Å². The SMILES string of the molecule is O=C(c1ccccc1)N1CC2CC(Br)C(O)c3cccc1c32. The van der Waals surface area contributed by atoms with Crippen molar-refractivity contribution < 1.29 is 9.90 Å². The van der Waals surface area contributed by atoms with Gasteiger partial charge in [0.05, 0.1) is 6.10 Å². The van der Waals surface area contributed by atoms with Crippen molar-refractivity contribution >= 4 is 27.5 Å². The van der Waals surface area contributed by atoms with Gasteiger partial charge in [-0.3, -0.25) is 4.79 Å². The zero-order valence-electron chi connectivity index (χ0n) is 11.9. The second kappa shape index (κ2) is 5.21. The molecular formula is C18H16BrNO2. The average molecular weight is 358 g/mol. The molecule has 3 atom stereocenters. The molecule has 1 amide bonds. The van der Waals surface area contributed by atoms with E-state index in [2.05, 4.69) is 15.9 Å². The first-order chi connectivity index (χ1) is 10.7. The summed E-state index contributed by atoms with van der Waals surface area (Å²) in [5.41, 5.74) is 3.76. The van der Waals surface area contributed by atoms with Crippen LogP contribution in [0, 0.1) is 0 Å². The Morgan fingerprint density at radius 1 is 1.14 bits per heavy atom. The molecule has 112 valence electrons. The van der Waals surface area contributed by atoms with Crippen molar-refractivity contribution in [2.75, 3.05) is 11.4 Å². The standard InChI is InChI=1S/C18H16BrNO2/c19-14-9-12-10-20(18(22)11-5-2-1-3-6-11)15-8-4-7-13(16(12)15)17(14)21/h1-8,12,14,17,21H,9-10H2. The predicted octanol–water partition coefficient (Wildman–Crippen LogP) is 3.63. The molecule has 1 N–H and O–H groups in total. The van der Waals surface area contributed by atoms with E-state index in [1.807, 2.05) is 53.4 Å². The average Bonchev–Trinajstić information content (AvgIpc) is 2.92. The first kappa shape index (κ1) is 14.0. The number of carbonyl (C=O) groups is 1. The zero-order chi connectivity index (χ0) is 15.3. The lowest BCUT2D eigenvalue weighted by atomic mass is 9.82. The van der Waals surface area contributed by atoms with E-state index in [1.54, 1.807) is 0 Å². The minimum atomic E-state index is -0.502. The van der Waals surface area contributed by atoms with Crippen molar-refractivity contribution in [1.82, 2.24) is 0 Å². The van der Waals surface area contributed by atoms with Gasteiger partial charge in [-0.2, -0.15) is 0 Å². The van der Waals surface area contributed by atoms with Crippen molar-refractivity contribution in [3.8, 4) is 0 Å². The number of nitrogens with zero attached hydrogens (tertiary/aromatic N) is 1. The van der Waals surface area contributed by atoms with Crippen LogP contribution in [0.15, 0.2) is 48.5 Å². The number of aliphatic hydroxyl groups is 1. The summed E-state index contributed by atoms with van der Waals surface area (Å²) < 4.78 is 0. The quantitative estimate of drug-likeness (QED) is 0.791. The van der Waals surface area contributed by atoms with Crippen LogP contribution in [0.5, 0.6) is 0 Å². The smallest absolute Gasteiger partial charge is 0.258 e. The summed E-state index contributed by atoms with van der Waals surface area (Å²) in [6, 6.07) is 15.3. The molecule has 22 heavy (non-hydrogen) atoms. The molecule has 0 saturated heterocycles. The fourth-order valence-electron chi connectivity index (χ4n) is 3.64. The van der Waals surface area contributed by atoms with Crippen LogP contribution in [0.25, 0.3) is 0 Å². The second-order valence-corrected chi connectivity index (χ2v) is 7.13. The number of aliphatic hydroxyl groups excluding tert-OH is 1. The van der Waals surface area contributed by atoms with Crippen molar-refractivity contribution in [3.05, 3.63) is 65.2 Å². The third-order valence-corrected chi connectivity index (χ3v) is 5.53. The Morgan fingerprint density at radius 3 is 2.68 bits per heavy atom. The predicted molar refractivity (Wildman–Crippen MR) is 89.6 cm³/mol. The van der Waals surface area contributed by atoms with E-state index in [9.17, 15) is 9.90 Å². The van der Waals surface area contributed by atoms with Crippen LogP contribution in [0.1, 0.15) is 39.9 Å². The Kier molecular flexibility index (Phi) is 3.31. The molecule has 4 rings (SSSR count). The first-order valence-corrected chi connectivity index (χ1v) is 8.40. The maximum atomic E-state index is 12.8. The van der Waals surface area contributed by atoms with E-state index < -0.39 is 6.10 Å². The number of halogens is 1. The van der Waals surface area contributed by atoms with Gasteiger partial charge in [0.1, 0.15) is 0 Å². The first-order valence-electron chi connectivity index (χ1n) is 7.48. The number of amides is 1. The van der Waals surface area contributed by atoms with Crippen molar-refractivity contribution in [2.24, 2.45) is 0 Å². The third kappa shape index (κ3) is 2.02. The maximum Gasteiger partial charge on any atom is 0.258 e. The highest BCUT2D eigenvalue weighted by Gasteiger charge is 2.41. The molecule has 2 aliphatic rings. The summed E-state index contributed by atoms with van der Waals surface area (Å²) in [6.45, 7) is 0.689. The van der Waals surface area contributed by atoms with Crippen LogP contribution in [-0.4, -0.2) is 22.4 Å². The van der Waals surface area contributed by atoms with Gasteiger partial charge in [0.2, 0.25) is 0 Å². The third-order valence-electron chi connectivity index (χ3n) is 4.66. The van der Waals surface area contributed by atoms with Crippen LogP contribution in [0.3, 0.4) is 0 Å². The van der Waals surface area contributed by atoms with E-state index in [0.717, 1.165) is 23.2 Å². The Bertz CT molecular complexity index is 731. The molecule has 0 radical (unpaired) electrons. The van der Waals surface area contributed by atoms with Crippen LogP contribution < -0.4 is 4.90 Å². The molecule has 0 saturated carbocycles. The summed E-state index contributed by atoms with van der Waals surface area (Å²) in [6.07, 6.45) is 0.349. The van der Waals surface area contributed by atoms with Crippen molar-refractivity contribution in [1.29, 1.82) is 0 Å². The van der Waals surface area contributed by atoms with Crippen molar-refractivity contribution in [2.45, 2.75) is 23.3 Å². The highest BCUT2D eigenvalue weighted by atomic mass is 79.9. The van der Waals surface area contributed by atoms with Gasteiger partial charge < -0.3 is 10.0 Å². The molecule has 0 spiro atoms. The Balaban J connectivity index is 1.78. The number of carbonyl (C=O) groups excluding carboxylic acids is 1. The summed E-state index contributed by atoms with van der Waals surface area (Å²) >= 11 is 3.58. The Labute approximate surface area is 137 Å². The molecule has 1 aliphatic heterocycles. The largest absolute Gasteiger partial charge is 0.387 e. The van der Waals surface area contributed by atoms with Gasteiger partial charge in [0.15, 0.2) is 0 Å². The van der Waals surface area contributed by atoms with E-state index >= 15 is 0 Å². The van der Waals surface area contributed by atoms with Crippen LogP contribution in [0.2, 0.25) is 0 Å². The topological polar surface area (TPSA) is 40.5 Å². The van der Waals surface area contributed by atoms with E-state index in [0.29, 0.717) is 18.0 Å². The number of alkyl halides is 1. The Morgan fingerprint density at radius 2 is 1.91 bits per heavy atom. The lowest BCUT2D eigenvalue weighted by molar-refractivity contribution is 0.0987. The highest BCUT2D eigenvalue weighted by Crippen LogP contribution is 2.49. The molecule has 0 aromatic heterocycles. The minimum Gasteiger partial charge on any atom is -0.387 e. The van der Waals surface area contributed by atoms with E-state index in [-0.39, 0.29) is 10.7 Å². The second-order valence-electron chi connectivity index (χ2n) is 5.96. The fraction of sp³-hybridized carbons (Fsp3) is 0.278. The van der Waals surface area contributed by atoms with Gasteiger partial charge in [-0.05, 0) is 35.7 Å². The molecule has 0 fully saturated rings. The zero-order valence-corrected chi connectivity index (χ0v) is 13.5. The molecule has 1 aliphatic carbocycles. The number of anilines is 1. The van der Waals surface area contributed by atoms with Gasteiger partial charge in [-0.25, -0.2) is 0 Å². The molecule has 0 bridgehead atoms. The normalized spacial score (nSPS) is 25.9. The van der Waals surface area contributed by atoms with Gasteiger partial charge >= 0.3 is 0 Å². The molecule has 3 nitrogen and oxygen atoms in total. The highest BCUT2D eigenvalue weighted by molar-refractivity contribution is 9.09. The van der Waals surface area contributed by atoms with Gasteiger partial charge in [-0.1, -0.05) is 46.3 Å². The Hall–Kier alpha value is -1.65. The molecular weight excluding hydrogens is 342 g/mol. The number of rotatable bonds is 1. The van der Waals surface area contributed by atoms with Gasteiger partial charge in [0, 0.05) is 28.5 Å². The van der Waals surface area contributed by atoms with Crippen LogP contribution in [-0.2, 0) is 0 Å². The lowest BCUT2D eigenvalue weighted by Crippen LogP contribution is -2.30. The number of hydrogen-bond acceptors (Lipinski definition) is 2. The summed E-state index contributed by atoms with van der Waals surface area (Å²) in [5, 5.41) is 10.4. The van der Waals surface area contributed by atoms with Gasteiger partial charge in [-0.15, -0.1) is 0 Å². The molecule has 3 unspecified atom stereocenters. The lowest BCUT2D eigenvalue weighted by Gasteiger charge is -2.29. The molecule has 4 heteroatoms. The fourth-order valence-corrected chi connectivity index (χ4v) is 4.37. The summed E-state index contributed by atoms with van der Waals surface area (Å²) in [7, 11) is 0. The van der Waals surface area contributed by atoms with E-state index in [4.69, 9.17) is 0 Å². The van der Waals surface area contributed by atoms with Crippen LogP contribution >= 0.6 is 15.9 Å². The van der Waals surface area contributed by atoms with E-state index in [1.165, 1.54) is 0 Å². The maximum absolute atomic E-state index is 12.8. The number of benzene rings is 2.